The number of carbonyl (C=O) groups excluding carboxylic acids is 3. The van der Waals surface area contributed by atoms with Crippen molar-refractivity contribution >= 4 is 30.1 Å². The minimum atomic E-state index is -0.429. The number of hydrogen-bond donors (Lipinski definition) is 0. The van der Waals surface area contributed by atoms with Gasteiger partial charge < -0.3 is 14.2 Å². The minimum Gasteiger partial charge on any atom is -0.459 e. The van der Waals surface area contributed by atoms with E-state index >= 15 is 0 Å². The summed E-state index contributed by atoms with van der Waals surface area (Å²) in [5.41, 5.74) is 3.19. The Kier molecular flexibility index (Phi) is 12.6. The van der Waals surface area contributed by atoms with Gasteiger partial charge in [-0.15, -0.1) is 0 Å². The summed E-state index contributed by atoms with van der Waals surface area (Å²) >= 11 is 0. The van der Waals surface area contributed by atoms with Gasteiger partial charge in [0.1, 0.15) is 23.4 Å². The van der Waals surface area contributed by atoms with E-state index in [0.29, 0.717) is 42.7 Å². The lowest BCUT2D eigenvalue weighted by Crippen LogP contribution is -2.30. The second kappa shape index (κ2) is 17.2. The molecule has 5 rings (SSSR count). The van der Waals surface area contributed by atoms with Crippen molar-refractivity contribution in [1.29, 1.82) is 0 Å². The molecule has 0 amide bonds. The Morgan fingerprint density at radius 2 is 1.33 bits per heavy atom. The third-order valence-electron chi connectivity index (χ3n) is 9.78. The van der Waals surface area contributed by atoms with Crippen LogP contribution in [0.5, 0.6) is 11.5 Å². The van der Waals surface area contributed by atoms with Crippen molar-refractivity contribution in [3.8, 4) is 11.5 Å². The summed E-state index contributed by atoms with van der Waals surface area (Å²) in [6, 6.07) is 18.3. The van der Waals surface area contributed by atoms with E-state index in [4.69, 9.17) is 14.2 Å². The molecule has 0 heterocycles. The summed E-state index contributed by atoms with van der Waals surface area (Å²) in [6.07, 6.45) is 14.8. The van der Waals surface area contributed by atoms with Crippen LogP contribution in [-0.4, -0.2) is 24.0 Å². The topological polar surface area (TPSA) is 78.9 Å². The van der Waals surface area contributed by atoms with E-state index in [1.165, 1.54) is 37.8 Å². The molecular formula is C41H47FO6. The maximum atomic E-state index is 13.2. The third-order valence-corrected chi connectivity index (χ3v) is 9.78. The van der Waals surface area contributed by atoms with Gasteiger partial charge in [0.2, 0.25) is 0 Å². The molecule has 2 aliphatic rings. The predicted octanol–water partition coefficient (Wildman–Crippen LogP) is 9.92. The fraction of sp³-hybridized carbons (Fsp3) is 0.439. The molecule has 0 aromatic heterocycles. The lowest BCUT2D eigenvalue weighted by atomic mass is 9.80. The number of benzene rings is 3. The molecule has 0 unspecified atom stereocenters. The lowest BCUT2D eigenvalue weighted by molar-refractivity contribution is -0.141. The minimum absolute atomic E-state index is 0.0602. The van der Waals surface area contributed by atoms with E-state index in [0.717, 1.165) is 48.3 Å². The van der Waals surface area contributed by atoms with Crippen LogP contribution >= 0.6 is 0 Å². The number of aryl methyl sites for hydroxylation is 1. The van der Waals surface area contributed by atoms with Crippen molar-refractivity contribution in [3.63, 3.8) is 0 Å². The number of rotatable bonds is 12. The van der Waals surface area contributed by atoms with Crippen molar-refractivity contribution in [1.82, 2.24) is 0 Å². The molecule has 6 nitrogen and oxygen atoms in total. The normalized spacial score (nSPS) is 21.1. The fourth-order valence-electron chi connectivity index (χ4n) is 6.69. The zero-order chi connectivity index (χ0) is 33.9. The smallest absolute Gasteiger partial charge is 0.338 e. The van der Waals surface area contributed by atoms with Crippen LogP contribution in [0, 0.1) is 30.5 Å². The summed E-state index contributed by atoms with van der Waals surface area (Å²) in [6.45, 7) is 4.20. The molecule has 2 aliphatic carbocycles. The molecule has 254 valence electrons. The van der Waals surface area contributed by atoms with E-state index in [-0.39, 0.29) is 35.7 Å². The van der Waals surface area contributed by atoms with Crippen LogP contribution in [0.4, 0.5) is 4.39 Å². The number of ether oxygens (including phenoxy) is 3. The Labute approximate surface area is 283 Å². The SMILES string of the molecule is CCCCCC1CCC(C(=O)Oc2ccc(C(=O)OC3CCC(C(=O)Oc4ccc(C)c(/C=C/c5ccc(F)cc5)c4)CC3)cc2)CC1. The van der Waals surface area contributed by atoms with Crippen LogP contribution in [0.1, 0.15) is 111 Å². The van der Waals surface area contributed by atoms with Crippen molar-refractivity contribution < 1.29 is 33.0 Å². The van der Waals surface area contributed by atoms with E-state index in [9.17, 15) is 18.8 Å². The Morgan fingerprint density at radius 1 is 0.729 bits per heavy atom. The Hall–Kier alpha value is -4.26. The number of halogens is 1. The zero-order valence-corrected chi connectivity index (χ0v) is 28.1. The summed E-state index contributed by atoms with van der Waals surface area (Å²) < 4.78 is 30.3. The molecule has 48 heavy (non-hydrogen) atoms. The molecule has 0 saturated heterocycles. The Balaban J connectivity index is 1.04. The predicted molar refractivity (Wildman–Crippen MR) is 185 cm³/mol. The van der Waals surface area contributed by atoms with Gasteiger partial charge in [-0.2, -0.15) is 0 Å². The van der Waals surface area contributed by atoms with Gasteiger partial charge in [0.05, 0.1) is 17.4 Å². The van der Waals surface area contributed by atoms with Crippen LogP contribution in [0.25, 0.3) is 12.2 Å². The highest BCUT2D eigenvalue weighted by Crippen LogP contribution is 2.33. The van der Waals surface area contributed by atoms with Gasteiger partial charge in [-0.25, -0.2) is 9.18 Å². The third kappa shape index (κ3) is 10.1. The first-order chi connectivity index (χ1) is 23.3. The molecule has 7 heteroatoms. The van der Waals surface area contributed by atoms with Crippen LogP contribution in [-0.2, 0) is 14.3 Å². The Morgan fingerprint density at radius 3 is 1.98 bits per heavy atom. The maximum Gasteiger partial charge on any atom is 0.338 e. The van der Waals surface area contributed by atoms with Crippen molar-refractivity contribution in [2.75, 3.05) is 0 Å². The lowest BCUT2D eigenvalue weighted by Gasteiger charge is -2.27. The number of unbranched alkanes of at least 4 members (excludes halogenated alkanes) is 2. The van der Waals surface area contributed by atoms with E-state index in [1.807, 2.05) is 31.2 Å². The molecule has 0 aliphatic heterocycles. The monoisotopic (exact) mass is 654 g/mol. The number of carbonyl (C=O) groups is 3. The average molecular weight is 655 g/mol. The fourth-order valence-corrected chi connectivity index (χ4v) is 6.69. The zero-order valence-electron chi connectivity index (χ0n) is 28.1. The van der Waals surface area contributed by atoms with Gasteiger partial charge in [-0.3, -0.25) is 9.59 Å². The highest BCUT2D eigenvalue weighted by molar-refractivity contribution is 5.89. The first-order valence-electron chi connectivity index (χ1n) is 17.6. The summed E-state index contributed by atoms with van der Waals surface area (Å²) in [7, 11) is 0. The molecule has 2 saturated carbocycles. The summed E-state index contributed by atoms with van der Waals surface area (Å²) in [5.74, 6) is 0.112. The molecule has 0 N–H and O–H groups in total. The van der Waals surface area contributed by atoms with Crippen molar-refractivity contribution in [3.05, 3.63) is 94.8 Å². The largest absolute Gasteiger partial charge is 0.459 e. The highest BCUT2D eigenvalue weighted by atomic mass is 19.1. The van der Waals surface area contributed by atoms with E-state index < -0.39 is 5.97 Å². The second-order valence-corrected chi connectivity index (χ2v) is 13.4. The summed E-state index contributed by atoms with van der Waals surface area (Å²) in [4.78, 5) is 38.6. The average Bonchev–Trinajstić information content (AvgIpc) is 3.10. The number of hydrogen-bond acceptors (Lipinski definition) is 6. The maximum absolute atomic E-state index is 13.2. The molecule has 3 aromatic rings. The van der Waals surface area contributed by atoms with Crippen molar-refractivity contribution in [2.45, 2.75) is 97.0 Å². The second-order valence-electron chi connectivity index (χ2n) is 13.4. The molecule has 0 atom stereocenters. The first kappa shape index (κ1) is 35.1. The quantitative estimate of drug-likeness (QED) is 0.0837. The summed E-state index contributed by atoms with van der Waals surface area (Å²) in [5, 5.41) is 0. The standard InChI is InChI=1S/C41H47FO6/c1-3-4-5-6-29-8-13-31(14-9-29)39(43)46-36-23-16-32(17-24-36)40(44)47-37-25-18-33(19-26-37)41(45)48-38-22-7-28(2)34(27-38)15-10-30-11-20-35(42)21-12-30/h7,10-12,15-17,20-24,27,29,31,33,37H,3-6,8-9,13-14,18-19,25-26H2,1-2H3/b15-10+. The van der Waals surface area contributed by atoms with Gasteiger partial charge in [0, 0.05) is 0 Å². The van der Waals surface area contributed by atoms with Crippen LogP contribution in [0.2, 0.25) is 0 Å². The van der Waals surface area contributed by atoms with Crippen LogP contribution < -0.4 is 9.47 Å². The van der Waals surface area contributed by atoms with Gasteiger partial charge >= 0.3 is 17.9 Å². The Bertz CT molecular complexity index is 1540. The first-order valence-corrected chi connectivity index (χ1v) is 17.6. The van der Waals surface area contributed by atoms with Gasteiger partial charge in [-0.1, -0.05) is 63.0 Å². The molecule has 0 bridgehead atoms. The van der Waals surface area contributed by atoms with Gasteiger partial charge in [-0.05, 0) is 129 Å². The van der Waals surface area contributed by atoms with E-state index in [2.05, 4.69) is 6.92 Å². The molecule has 3 aromatic carbocycles. The van der Waals surface area contributed by atoms with Crippen LogP contribution in [0.15, 0.2) is 66.7 Å². The number of esters is 3. The molecule has 2 fully saturated rings. The van der Waals surface area contributed by atoms with Gasteiger partial charge in [0.15, 0.2) is 0 Å². The van der Waals surface area contributed by atoms with Gasteiger partial charge in [0.25, 0.3) is 0 Å². The van der Waals surface area contributed by atoms with Crippen molar-refractivity contribution in [2.24, 2.45) is 17.8 Å². The molecule has 0 spiro atoms. The van der Waals surface area contributed by atoms with E-state index in [1.54, 1.807) is 42.5 Å². The molecular weight excluding hydrogens is 607 g/mol. The molecule has 0 radical (unpaired) electrons. The highest BCUT2D eigenvalue weighted by Gasteiger charge is 2.30. The van der Waals surface area contributed by atoms with Crippen LogP contribution in [0.3, 0.4) is 0 Å².